The third-order valence-electron chi connectivity index (χ3n) is 4.28. The third-order valence-corrected chi connectivity index (χ3v) is 4.28. The van der Waals surface area contributed by atoms with Crippen molar-refractivity contribution in [3.05, 3.63) is 34.9 Å². The van der Waals surface area contributed by atoms with Crippen LogP contribution in [0.25, 0.3) is 0 Å². The van der Waals surface area contributed by atoms with Gasteiger partial charge in [0.1, 0.15) is 0 Å². The van der Waals surface area contributed by atoms with E-state index in [4.69, 9.17) is 10.5 Å². The molecule has 2 nitrogen and oxygen atoms in total. The molecule has 1 saturated heterocycles. The number of benzene rings is 1. The van der Waals surface area contributed by atoms with Crippen molar-refractivity contribution < 1.29 is 4.74 Å². The first-order valence-corrected chi connectivity index (χ1v) is 7.28. The second-order valence-corrected chi connectivity index (χ2v) is 6.95. The van der Waals surface area contributed by atoms with Crippen LogP contribution in [0.5, 0.6) is 0 Å². The molecule has 1 aromatic carbocycles. The number of hydrogen-bond donors (Lipinski definition) is 1. The number of nitrogens with two attached hydrogens (primary N) is 1. The third kappa shape index (κ3) is 2.85. The molecule has 0 unspecified atom stereocenters. The SMILES string of the molecule is Cc1cc(C(C)(C)C)ccc1C1(CCCN)COC1. The van der Waals surface area contributed by atoms with Crippen LogP contribution < -0.4 is 5.73 Å². The van der Waals surface area contributed by atoms with E-state index in [1.54, 1.807) is 0 Å². The van der Waals surface area contributed by atoms with Crippen LogP contribution >= 0.6 is 0 Å². The molecule has 1 fully saturated rings. The minimum atomic E-state index is 0.212. The average molecular weight is 261 g/mol. The molecule has 2 N–H and O–H groups in total. The molecule has 0 radical (unpaired) electrons. The molecule has 1 aliphatic rings. The zero-order valence-corrected chi connectivity index (χ0v) is 12.8. The maximum absolute atomic E-state index is 5.67. The summed E-state index contributed by atoms with van der Waals surface area (Å²) in [6, 6.07) is 6.94. The maximum atomic E-state index is 5.67. The zero-order chi connectivity index (χ0) is 14.1. The van der Waals surface area contributed by atoms with E-state index in [1.807, 2.05) is 0 Å². The molecule has 1 heterocycles. The normalized spacial score (nSPS) is 18.2. The summed E-state index contributed by atoms with van der Waals surface area (Å²) in [6.07, 6.45) is 2.21. The summed E-state index contributed by atoms with van der Waals surface area (Å²) in [5, 5.41) is 0. The van der Waals surface area contributed by atoms with E-state index in [1.165, 1.54) is 16.7 Å². The van der Waals surface area contributed by atoms with E-state index >= 15 is 0 Å². The smallest absolute Gasteiger partial charge is 0.0585 e. The maximum Gasteiger partial charge on any atom is 0.0585 e. The van der Waals surface area contributed by atoms with E-state index in [9.17, 15) is 0 Å². The van der Waals surface area contributed by atoms with Gasteiger partial charge in [-0.3, -0.25) is 0 Å². The monoisotopic (exact) mass is 261 g/mol. The van der Waals surface area contributed by atoms with Gasteiger partial charge in [0.15, 0.2) is 0 Å². The molecule has 1 aliphatic heterocycles. The molecule has 0 amide bonds. The van der Waals surface area contributed by atoms with E-state index in [0.29, 0.717) is 0 Å². The van der Waals surface area contributed by atoms with E-state index in [-0.39, 0.29) is 10.8 Å². The lowest BCUT2D eigenvalue weighted by Gasteiger charge is -2.43. The van der Waals surface area contributed by atoms with Crippen molar-refractivity contribution in [1.82, 2.24) is 0 Å². The summed E-state index contributed by atoms with van der Waals surface area (Å²) in [7, 11) is 0. The van der Waals surface area contributed by atoms with Crippen molar-refractivity contribution >= 4 is 0 Å². The predicted molar refractivity (Wildman–Crippen MR) is 80.7 cm³/mol. The highest BCUT2D eigenvalue weighted by Crippen LogP contribution is 2.39. The Labute approximate surface area is 117 Å². The molecule has 1 aromatic rings. The van der Waals surface area contributed by atoms with Gasteiger partial charge >= 0.3 is 0 Å². The standard InChI is InChI=1S/C17H27NO/c1-13-10-14(16(2,3)4)6-7-15(13)17(8-5-9-18)11-19-12-17/h6-7,10H,5,8-9,11-12,18H2,1-4H3. The van der Waals surface area contributed by atoms with E-state index in [2.05, 4.69) is 45.9 Å². The number of aryl methyl sites for hydroxylation is 1. The van der Waals surface area contributed by atoms with Crippen molar-refractivity contribution in [3.63, 3.8) is 0 Å². The molecular weight excluding hydrogens is 234 g/mol. The Morgan fingerprint density at radius 2 is 1.95 bits per heavy atom. The van der Waals surface area contributed by atoms with Gasteiger partial charge in [0, 0.05) is 5.41 Å². The molecule has 2 heteroatoms. The molecule has 0 bridgehead atoms. The first-order valence-electron chi connectivity index (χ1n) is 7.28. The lowest BCUT2D eigenvalue weighted by molar-refractivity contribution is -0.0652. The molecule has 0 aliphatic carbocycles. The lowest BCUT2D eigenvalue weighted by Crippen LogP contribution is -2.47. The summed E-state index contributed by atoms with van der Waals surface area (Å²) in [6.45, 7) is 11.5. The minimum Gasteiger partial charge on any atom is -0.379 e. The first-order chi connectivity index (χ1) is 8.89. The molecule has 0 spiro atoms. The van der Waals surface area contributed by atoms with Gasteiger partial charge in [-0.25, -0.2) is 0 Å². The highest BCUT2D eigenvalue weighted by molar-refractivity contribution is 5.40. The lowest BCUT2D eigenvalue weighted by atomic mass is 9.72. The van der Waals surface area contributed by atoms with E-state index < -0.39 is 0 Å². The molecular formula is C17H27NO. The van der Waals surface area contributed by atoms with Crippen LogP contribution in [0, 0.1) is 6.92 Å². The topological polar surface area (TPSA) is 35.2 Å². The van der Waals surface area contributed by atoms with Crippen LogP contribution in [0.1, 0.15) is 50.3 Å². The quantitative estimate of drug-likeness (QED) is 0.902. The van der Waals surface area contributed by atoms with Crippen LogP contribution in [-0.4, -0.2) is 19.8 Å². The van der Waals surface area contributed by atoms with Gasteiger partial charge in [-0.1, -0.05) is 39.0 Å². The van der Waals surface area contributed by atoms with Crippen LogP contribution in [0.2, 0.25) is 0 Å². The van der Waals surface area contributed by atoms with Gasteiger partial charge in [0.25, 0.3) is 0 Å². The Kier molecular flexibility index (Phi) is 4.03. The van der Waals surface area contributed by atoms with Crippen molar-refractivity contribution in [2.45, 2.75) is 51.4 Å². The van der Waals surface area contributed by atoms with Crippen molar-refractivity contribution in [1.29, 1.82) is 0 Å². The largest absolute Gasteiger partial charge is 0.379 e. The Balaban J connectivity index is 2.29. The summed E-state index contributed by atoms with van der Waals surface area (Å²) in [4.78, 5) is 0. The summed E-state index contributed by atoms with van der Waals surface area (Å²) in [5.41, 5.74) is 10.4. The summed E-state index contributed by atoms with van der Waals surface area (Å²) < 4.78 is 5.50. The minimum absolute atomic E-state index is 0.212. The molecule has 19 heavy (non-hydrogen) atoms. The zero-order valence-electron chi connectivity index (χ0n) is 12.8. The van der Waals surface area contributed by atoms with Crippen LogP contribution in [-0.2, 0) is 15.6 Å². The Bertz CT molecular complexity index is 441. The highest BCUT2D eigenvalue weighted by Gasteiger charge is 2.40. The van der Waals surface area contributed by atoms with Gasteiger partial charge in [-0.2, -0.15) is 0 Å². The fraction of sp³-hybridized carbons (Fsp3) is 0.647. The highest BCUT2D eigenvalue weighted by atomic mass is 16.5. The van der Waals surface area contributed by atoms with Crippen molar-refractivity contribution in [3.8, 4) is 0 Å². The van der Waals surface area contributed by atoms with Gasteiger partial charge in [-0.05, 0) is 48.4 Å². The Hall–Kier alpha value is -0.860. The molecule has 0 aromatic heterocycles. The number of ether oxygens (including phenoxy) is 1. The fourth-order valence-electron chi connectivity index (χ4n) is 2.95. The number of hydrogen-bond acceptors (Lipinski definition) is 2. The number of rotatable bonds is 4. The Morgan fingerprint density at radius 1 is 1.26 bits per heavy atom. The van der Waals surface area contributed by atoms with Crippen LogP contribution in [0.15, 0.2) is 18.2 Å². The van der Waals surface area contributed by atoms with Gasteiger partial charge in [-0.15, -0.1) is 0 Å². The second-order valence-electron chi connectivity index (χ2n) is 6.95. The predicted octanol–water partition coefficient (Wildman–Crippen LogP) is 3.30. The second kappa shape index (κ2) is 5.26. The molecule has 2 rings (SSSR count). The van der Waals surface area contributed by atoms with Gasteiger partial charge < -0.3 is 10.5 Å². The van der Waals surface area contributed by atoms with Crippen LogP contribution in [0.4, 0.5) is 0 Å². The summed E-state index contributed by atoms with van der Waals surface area (Å²) >= 11 is 0. The molecule has 106 valence electrons. The molecule has 0 saturated carbocycles. The average Bonchev–Trinajstić information content (AvgIpc) is 2.28. The van der Waals surface area contributed by atoms with Crippen LogP contribution in [0.3, 0.4) is 0 Å². The Morgan fingerprint density at radius 3 is 2.37 bits per heavy atom. The fourth-order valence-corrected chi connectivity index (χ4v) is 2.95. The molecule has 0 atom stereocenters. The van der Waals surface area contributed by atoms with Crippen molar-refractivity contribution in [2.24, 2.45) is 5.73 Å². The van der Waals surface area contributed by atoms with Gasteiger partial charge in [0.05, 0.1) is 13.2 Å². The van der Waals surface area contributed by atoms with E-state index in [0.717, 1.165) is 32.6 Å². The van der Waals surface area contributed by atoms with Crippen molar-refractivity contribution in [2.75, 3.05) is 19.8 Å². The van der Waals surface area contributed by atoms with Gasteiger partial charge in [0.2, 0.25) is 0 Å². The first kappa shape index (κ1) is 14.5. The summed E-state index contributed by atoms with van der Waals surface area (Å²) in [5.74, 6) is 0.